The van der Waals surface area contributed by atoms with Crippen molar-refractivity contribution >= 4 is 5.91 Å². The number of rotatable bonds is 3. The summed E-state index contributed by atoms with van der Waals surface area (Å²) in [4.78, 5) is 12.0. The largest absolute Gasteiger partial charge is 0.383 e. The number of nitrogens with zero attached hydrogens (tertiary/aromatic N) is 1. The number of nitrogens with one attached hydrogen (secondary N) is 1. The quantitative estimate of drug-likeness (QED) is 0.904. The Bertz CT molecular complexity index is 665. The van der Waals surface area contributed by atoms with Gasteiger partial charge in [0, 0.05) is 6.07 Å². The van der Waals surface area contributed by atoms with Gasteiger partial charge in [0.05, 0.1) is 6.54 Å². The van der Waals surface area contributed by atoms with Gasteiger partial charge in [-0.2, -0.15) is 0 Å². The van der Waals surface area contributed by atoms with Gasteiger partial charge in [-0.05, 0) is 37.3 Å². The third-order valence-corrected chi connectivity index (χ3v) is 3.96. The Labute approximate surface area is 123 Å². The van der Waals surface area contributed by atoms with Gasteiger partial charge in [0.2, 0.25) is 0 Å². The van der Waals surface area contributed by atoms with E-state index in [0.29, 0.717) is 12.2 Å². The highest BCUT2D eigenvalue weighted by Crippen LogP contribution is 2.34. The number of carbonyl (C=O) groups is 1. The van der Waals surface area contributed by atoms with E-state index in [1.165, 1.54) is 0 Å². The van der Waals surface area contributed by atoms with Gasteiger partial charge in [-0.15, -0.1) is 0 Å². The van der Waals surface area contributed by atoms with Crippen LogP contribution in [0.2, 0.25) is 0 Å². The number of carbonyl (C=O) groups excluding carboxylic acids is 1. The second kappa shape index (κ2) is 5.33. The molecule has 0 spiro atoms. The van der Waals surface area contributed by atoms with Gasteiger partial charge in [-0.3, -0.25) is 4.79 Å². The molecule has 0 unspecified atom stereocenters. The molecule has 1 atom stereocenters. The van der Waals surface area contributed by atoms with Crippen molar-refractivity contribution in [2.75, 3.05) is 6.54 Å². The van der Waals surface area contributed by atoms with Crippen molar-refractivity contribution in [1.82, 2.24) is 10.5 Å². The monoisotopic (exact) mass is 286 g/mol. The van der Waals surface area contributed by atoms with Crippen LogP contribution < -0.4 is 5.32 Å². The van der Waals surface area contributed by atoms with Crippen molar-refractivity contribution in [2.24, 2.45) is 0 Å². The molecule has 1 amide bonds. The summed E-state index contributed by atoms with van der Waals surface area (Å²) >= 11 is 0. The summed E-state index contributed by atoms with van der Waals surface area (Å²) in [6.07, 6.45) is 2.52. The van der Waals surface area contributed by atoms with Crippen molar-refractivity contribution in [3.8, 4) is 0 Å². The molecule has 1 aliphatic carbocycles. The van der Waals surface area contributed by atoms with E-state index in [9.17, 15) is 9.90 Å². The Morgan fingerprint density at radius 1 is 1.48 bits per heavy atom. The number of benzene rings is 1. The first-order valence-electron chi connectivity index (χ1n) is 7.11. The molecule has 1 aliphatic rings. The minimum Gasteiger partial charge on any atom is -0.383 e. The normalized spacial score (nSPS) is 20.9. The molecule has 0 saturated heterocycles. The molecule has 0 saturated carbocycles. The van der Waals surface area contributed by atoms with E-state index in [1.54, 1.807) is 13.0 Å². The average molecular weight is 286 g/mol. The summed E-state index contributed by atoms with van der Waals surface area (Å²) in [5, 5.41) is 17.3. The molecule has 5 nitrogen and oxygen atoms in total. The number of aryl methyl sites for hydroxylation is 2. The Hall–Kier alpha value is -2.14. The number of hydrogen-bond donors (Lipinski definition) is 2. The predicted molar refractivity (Wildman–Crippen MR) is 76.9 cm³/mol. The summed E-state index contributed by atoms with van der Waals surface area (Å²) < 4.78 is 4.89. The highest BCUT2D eigenvalue weighted by Gasteiger charge is 2.34. The van der Waals surface area contributed by atoms with Crippen molar-refractivity contribution in [2.45, 2.75) is 31.8 Å². The molecule has 0 aliphatic heterocycles. The molecule has 1 aromatic heterocycles. The lowest BCUT2D eigenvalue weighted by Crippen LogP contribution is -2.43. The van der Waals surface area contributed by atoms with Crippen LogP contribution in [0.5, 0.6) is 0 Å². The lowest BCUT2D eigenvalue weighted by atomic mass is 9.79. The molecular formula is C16H18N2O3. The van der Waals surface area contributed by atoms with E-state index in [0.717, 1.165) is 24.0 Å². The molecule has 0 radical (unpaired) electrons. The Kier molecular flexibility index (Phi) is 3.51. The zero-order chi connectivity index (χ0) is 14.9. The van der Waals surface area contributed by atoms with Crippen LogP contribution in [0, 0.1) is 6.92 Å². The summed E-state index contributed by atoms with van der Waals surface area (Å²) in [5.41, 5.74) is 1.29. The molecule has 1 heterocycles. The number of aromatic nitrogens is 1. The fourth-order valence-electron chi connectivity index (χ4n) is 2.87. The van der Waals surface area contributed by atoms with Gasteiger partial charge < -0.3 is 14.9 Å². The van der Waals surface area contributed by atoms with Crippen LogP contribution in [-0.2, 0) is 12.0 Å². The zero-order valence-electron chi connectivity index (χ0n) is 11.9. The summed E-state index contributed by atoms with van der Waals surface area (Å²) in [5.74, 6) is 0.255. The third kappa shape index (κ3) is 2.69. The first-order chi connectivity index (χ1) is 10.1. The molecule has 21 heavy (non-hydrogen) atoms. The molecule has 5 heteroatoms. The second-order valence-electron chi connectivity index (χ2n) is 5.55. The van der Waals surface area contributed by atoms with Crippen LogP contribution >= 0.6 is 0 Å². The highest BCUT2D eigenvalue weighted by molar-refractivity contribution is 5.92. The Morgan fingerprint density at radius 3 is 3.05 bits per heavy atom. The highest BCUT2D eigenvalue weighted by atomic mass is 16.5. The SMILES string of the molecule is Cc1cc(C(=O)NC[C@]2(O)CCCc3ccccc32)no1. The van der Waals surface area contributed by atoms with Crippen molar-refractivity contribution in [3.63, 3.8) is 0 Å². The maximum Gasteiger partial charge on any atom is 0.273 e. The number of amides is 1. The van der Waals surface area contributed by atoms with Gasteiger partial charge in [-0.1, -0.05) is 29.4 Å². The maximum atomic E-state index is 12.0. The second-order valence-corrected chi connectivity index (χ2v) is 5.55. The van der Waals surface area contributed by atoms with Gasteiger partial charge in [0.1, 0.15) is 11.4 Å². The van der Waals surface area contributed by atoms with E-state index >= 15 is 0 Å². The lowest BCUT2D eigenvalue weighted by Gasteiger charge is -2.34. The first kappa shape index (κ1) is 13.8. The summed E-state index contributed by atoms with van der Waals surface area (Å²) in [7, 11) is 0. The van der Waals surface area contributed by atoms with E-state index in [-0.39, 0.29) is 18.1 Å². The molecule has 2 aromatic rings. The van der Waals surface area contributed by atoms with Gasteiger partial charge in [-0.25, -0.2) is 0 Å². The Balaban J connectivity index is 1.74. The van der Waals surface area contributed by atoms with Crippen LogP contribution in [0.25, 0.3) is 0 Å². The standard InChI is InChI=1S/C16H18N2O3/c1-11-9-14(18-21-11)15(19)17-10-16(20)8-4-6-12-5-2-3-7-13(12)16/h2-3,5,7,9,20H,4,6,8,10H2,1H3,(H,17,19)/t16-/m1/s1. The third-order valence-electron chi connectivity index (χ3n) is 3.96. The van der Waals surface area contributed by atoms with Crippen LogP contribution in [0.1, 0.15) is 40.2 Å². The minimum absolute atomic E-state index is 0.175. The molecule has 3 rings (SSSR count). The predicted octanol–water partition coefficient (Wildman–Crippen LogP) is 1.94. The van der Waals surface area contributed by atoms with E-state index in [2.05, 4.69) is 10.5 Å². The molecule has 110 valence electrons. The molecule has 0 fully saturated rings. The van der Waals surface area contributed by atoms with Crippen LogP contribution in [-0.4, -0.2) is 22.7 Å². The van der Waals surface area contributed by atoms with E-state index < -0.39 is 5.60 Å². The Morgan fingerprint density at radius 2 is 2.29 bits per heavy atom. The molecule has 1 aromatic carbocycles. The van der Waals surface area contributed by atoms with Gasteiger partial charge in [0.25, 0.3) is 5.91 Å². The van der Waals surface area contributed by atoms with E-state index in [1.807, 2.05) is 24.3 Å². The van der Waals surface area contributed by atoms with Crippen molar-refractivity contribution in [1.29, 1.82) is 0 Å². The van der Waals surface area contributed by atoms with Crippen molar-refractivity contribution in [3.05, 3.63) is 52.9 Å². The number of aliphatic hydroxyl groups is 1. The number of fused-ring (bicyclic) bond motifs is 1. The van der Waals surface area contributed by atoms with Gasteiger partial charge in [0.15, 0.2) is 5.69 Å². The number of hydrogen-bond acceptors (Lipinski definition) is 4. The molecule has 0 bridgehead atoms. The fourth-order valence-corrected chi connectivity index (χ4v) is 2.87. The van der Waals surface area contributed by atoms with Crippen LogP contribution in [0.3, 0.4) is 0 Å². The molecular weight excluding hydrogens is 268 g/mol. The van der Waals surface area contributed by atoms with Crippen LogP contribution in [0.15, 0.2) is 34.9 Å². The van der Waals surface area contributed by atoms with Crippen LogP contribution in [0.4, 0.5) is 0 Å². The smallest absolute Gasteiger partial charge is 0.273 e. The zero-order valence-corrected chi connectivity index (χ0v) is 11.9. The summed E-state index contributed by atoms with van der Waals surface area (Å²) in [6, 6.07) is 9.43. The van der Waals surface area contributed by atoms with Crippen molar-refractivity contribution < 1.29 is 14.4 Å². The first-order valence-corrected chi connectivity index (χ1v) is 7.11. The minimum atomic E-state index is -1.01. The fraction of sp³-hybridized carbons (Fsp3) is 0.375. The topological polar surface area (TPSA) is 75.4 Å². The average Bonchev–Trinajstić information content (AvgIpc) is 2.92. The lowest BCUT2D eigenvalue weighted by molar-refractivity contribution is 0.0188. The molecule has 2 N–H and O–H groups in total. The van der Waals surface area contributed by atoms with Gasteiger partial charge >= 0.3 is 0 Å². The maximum absolute atomic E-state index is 12.0. The summed E-state index contributed by atoms with van der Waals surface area (Å²) in [6.45, 7) is 1.91. The van der Waals surface area contributed by atoms with E-state index in [4.69, 9.17) is 4.52 Å².